The molecule has 0 aliphatic carbocycles. The van der Waals surface area contributed by atoms with Crippen LogP contribution in [-0.2, 0) is 16.1 Å². The van der Waals surface area contributed by atoms with Crippen LogP contribution in [0.3, 0.4) is 0 Å². The molecular weight excluding hydrogens is 332 g/mol. The number of nitrogens with zero attached hydrogens (tertiary/aromatic N) is 1. The number of hydrogen-bond acceptors (Lipinski definition) is 2. The number of piperazine rings is 1. The van der Waals surface area contributed by atoms with Crippen molar-refractivity contribution >= 4 is 27.7 Å². The molecule has 1 aliphatic heterocycles. The van der Waals surface area contributed by atoms with E-state index in [9.17, 15) is 9.59 Å². The Kier molecular flexibility index (Phi) is 4.71. The summed E-state index contributed by atoms with van der Waals surface area (Å²) in [7, 11) is 0. The SMILES string of the molecule is CCC1NC(=O)C(C)(CC)N(Cc2cccc(Br)c2)C1=O. The molecule has 21 heavy (non-hydrogen) atoms. The zero-order chi connectivity index (χ0) is 15.6. The van der Waals surface area contributed by atoms with Gasteiger partial charge in [-0.1, -0.05) is 41.9 Å². The normalized spacial score (nSPS) is 25.9. The minimum atomic E-state index is -0.787. The second-order valence-corrected chi connectivity index (χ2v) is 6.53. The van der Waals surface area contributed by atoms with E-state index in [0.717, 1.165) is 10.0 Å². The maximum absolute atomic E-state index is 12.7. The smallest absolute Gasteiger partial charge is 0.246 e. The lowest BCUT2D eigenvalue weighted by molar-refractivity contribution is -0.157. The molecule has 5 heteroatoms. The van der Waals surface area contributed by atoms with Crippen LogP contribution in [0.4, 0.5) is 0 Å². The van der Waals surface area contributed by atoms with Crippen LogP contribution in [0, 0.1) is 0 Å². The lowest BCUT2D eigenvalue weighted by atomic mass is 9.89. The van der Waals surface area contributed by atoms with E-state index in [1.54, 1.807) is 4.90 Å². The first kappa shape index (κ1) is 16.0. The maximum atomic E-state index is 12.7. The Morgan fingerprint density at radius 2 is 2.05 bits per heavy atom. The first-order valence-corrected chi connectivity index (χ1v) is 8.08. The highest BCUT2D eigenvalue weighted by atomic mass is 79.9. The summed E-state index contributed by atoms with van der Waals surface area (Å²) < 4.78 is 0.971. The van der Waals surface area contributed by atoms with Crippen molar-refractivity contribution in [2.24, 2.45) is 0 Å². The van der Waals surface area contributed by atoms with Gasteiger partial charge in [-0.15, -0.1) is 0 Å². The summed E-state index contributed by atoms with van der Waals surface area (Å²) in [5.41, 5.74) is 0.229. The van der Waals surface area contributed by atoms with Gasteiger partial charge in [0.25, 0.3) is 0 Å². The molecule has 1 N–H and O–H groups in total. The van der Waals surface area contributed by atoms with E-state index in [1.165, 1.54) is 0 Å². The first-order valence-electron chi connectivity index (χ1n) is 7.29. The van der Waals surface area contributed by atoms with Crippen LogP contribution in [0.2, 0.25) is 0 Å². The zero-order valence-electron chi connectivity index (χ0n) is 12.6. The van der Waals surface area contributed by atoms with Crippen LogP contribution in [-0.4, -0.2) is 28.3 Å². The van der Waals surface area contributed by atoms with Gasteiger partial charge in [0.05, 0.1) is 0 Å². The molecule has 1 aromatic rings. The van der Waals surface area contributed by atoms with E-state index in [-0.39, 0.29) is 11.8 Å². The molecule has 0 radical (unpaired) electrons. The molecule has 2 atom stereocenters. The Hall–Kier alpha value is -1.36. The highest BCUT2D eigenvalue weighted by molar-refractivity contribution is 9.10. The standard InChI is InChI=1S/C16H21BrN2O2/c1-4-13-14(20)19(16(3,5-2)15(21)18-13)10-11-7-6-8-12(17)9-11/h6-9,13H,4-5,10H2,1-3H3,(H,18,21). The number of rotatable bonds is 4. The van der Waals surface area contributed by atoms with Crippen LogP contribution in [0.25, 0.3) is 0 Å². The molecule has 2 unspecified atom stereocenters. The average Bonchev–Trinajstić information content (AvgIpc) is 2.47. The van der Waals surface area contributed by atoms with Crippen LogP contribution in [0.15, 0.2) is 28.7 Å². The molecule has 1 aliphatic rings. The molecule has 0 bridgehead atoms. The number of carbonyl (C=O) groups excluding carboxylic acids is 2. The molecule has 0 spiro atoms. The van der Waals surface area contributed by atoms with E-state index >= 15 is 0 Å². The molecule has 2 rings (SSSR count). The summed E-state index contributed by atoms with van der Waals surface area (Å²) in [6.07, 6.45) is 1.20. The van der Waals surface area contributed by atoms with Crippen LogP contribution >= 0.6 is 15.9 Å². The van der Waals surface area contributed by atoms with Gasteiger partial charge in [0.15, 0.2) is 0 Å². The summed E-state index contributed by atoms with van der Waals surface area (Å²) in [6, 6.07) is 7.43. The number of carbonyl (C=O) groups is 2. The van der Waals surface area contributed by atoms with Gasteiger partial charge in [-0.05, 0) is 37.5 Å². The molecular formula is C16H21BrN2O2. The fourth-order valence-corrected chi connectivity index (χ4v) is 3.07. The third kappa shape index (κ3) is 2.98. The zero-order valence-corrected chi connectivity index (χ0v) is 14.2. The Balaban J connectivity index is 2.35. The maximum Gasteiger partial charge on any atom is 0.246 e. The highest BCUT2D eigenvalue weighted by Gasteiger charge is 2.47. The van der Waals surface area contributed by atoms with Crippen molar-refractivity contribution in [3.8, 4) is 0 Å². The van der Waals surface area contributed by atoms with E-state index in [2.05, 4.69) is 21.2 Å². The second kappa shape index (κ2) is 6.18. The Bertz CT molecular complexity index is 561. The van der Waals surface area contributed by atoms with Crippen molar-refractivity contribution in [1.82, 2.24) is 10.2 Å². The average molecular weight is 353 g/mol. The van der Waals surface area contributed by atoms with Gasteiger partial charge < -0.3 is 10.2 Å². The van der Waals surface area contributed by atoms with Gasteiger partial charge in [0.1, 0.15) is 11.6 Å². The Morgan fingerprint density at radius 3 is 2.62 bits per heavy atom. The quantitative estimate of drug-likeness (QED) is 0.905. The van der Waals surface area contributed by atoms with Crippen molar-refractivity contribution in [1.29, 1.82) is 0 Å². The number of amides is 2. The van der Waals surface area contributed by atoms with Gasteiger partial charge in [-0.2, -0.15) is 0 Å². The van der Waals surface area contributed by atoms with Crippen molar-refractivity contribution < 1.29 is 9.59 Å². The summed E-state index contributed by atoms with van der Waals surface area (Å²) in [6.45, 7) is 6.14. The summed E-state index contributed by atoms with van der Waals surface area (Å²) in [4.78, 5) is 26.8. The number of hydrogen-bond donors (Lipinski definition) is 1. The summed E-state index contributed by atoms with van der Waals surface area (Å²) in [5.74, 6) is -0.0622. The monoisotopic (exact) mass is 352 g/mol. The van der Waals surface area contributed by atoms with Crippen molar-refractivity contribution in [2.45, 2.75) is 51.7 Å². The predicted molar refractivity (Wildman–Crippen MR) is 85.6 cm³/mol. The van der Waals surface area contributed by atoms with E-state index < -0.39 is 11.6 Å². The van der Waals surface area contributed by atoms with E-state index in [4.69, 9.17) is 0 Å². The lowest BCUT2D eigenvalue weighted by Gasteiger charge is -2.46. The van der Waals surface area contributed by atoms with Gasteiger partial charge >= 0.3 is 0 Å². The number of benzene rings is 1. The topological polar surface area (TPSA) is 49.4 Å². The van der Waals surface area contributed by atoms with Gasteiger partial charge in [0, 0.05) is 11.0 Å². The number of nitrogens with one attached hydrogen (secondary N) is 1. The molecule has 1 heterocycles. The van der Waals surface area contributed by atoms with Crippen LogP contribution in [0.5, 0.6) is 0 Å². The van der Waals surface area contributed by atoms with Gasteiger partial charge in [-0.25, -0.2) is 0 Å². The summed E-state index contributed by atoms with van der Waals surface area (Å²) in [5, 5.41) is 2.85. The largest absolute Gasteiger partial charge is 0.342 e. The minimum absolute atomic E-state index is 0.00132. The van der Waals surface area contributed by atoms with Crippen molar-refractivity contribution in [3.05, 3.63) is 34.3 Å². The Labute approximate surface area is 134 Å². The second-order valence-electron chi connectivity index (χ2n) is 5.62. The molecule has 0 saturated carbocycles. The van der Waals surface area contributed by atoms with Crippen LogP contribution in [0.1, 0.15) is 39.2 Å². The molecule has 4 nitrogen and oxygen atoms in total. The van der Waals surface area contributed by atoms with Crippen molar-refractivity contribution in [2.75, 3.05) is 0 Å². The number of halogens is 1. The lowest BCUT2D eigenvalue weighted by Crippen LogP contribution is -2.68. The first-order chi connectivity index (χ1) is 9.92. The van der Waals surface area contributed by atoms with E-state index in [0.29, 0.717) is 19.4 Å². The predicted octanol–water partition coefficient (Wildman–Crippen LogP) is 2.85. The fourth-order valence-electron chi connectivity index (χ4n) is 2.63. The molecule has 2 amide bonds. The summed E-state index contributed by atoms with van der Waals surface area (Å²) >= 11 is 3.44. The van der Waals surface area contributed by atoms with Crippen molar-refractivity contribution in [3.63, 3.8) is 0 Å². The fraction of sp³-hybridized carbons (Fsp3) is 0.500. The molecule has 1 aromatic carbocycles. The molecule has 114 valence electrons. The van der Waals surface area contributed by atoms with E-state index in [1.807, 2.05) is 45.0 Å². The highest BCUT2D eigenvalue weighted by Crippen LogP contribution is 2.28. The minimum Gasteiger partial charge on any atom is -0.342 e. The van der Waals surface area contributed by atoms with Gasteiger partial charge in [-0.3, -0.25) is 9.59 Å². The van der Waals surface area contributed by atoms with Crippen LogP contribution < -0.4 is 5.32 Å². The molecule has 1 saturated heterocycles. The molecule has 0 aromatic heterocycles. The third-order valence-corrected chi connectivity index (χ3v) is 4.77. The van der Waals surface area contributed by atoms with Gasteiger partial charge in [0.2, 0.25) is 11.8 Å². The third-order valence-electron chi connectivity index (χ3n) is 4.28. The Morgan fingerprint density at radius 1 is 1.33 bits per heavy atom. The molecule has 1 fully saturated rings.